The van der Waals surface area contributed by atoms with Crippen LogP contribution in [-0.4, -0.2) is 9.55 Å². The molecule has 1 atom stereocenters. The van der Waals surface area contributed by atoms with E-state index in [0.29, 0.717) is 17.3 Å². The van der Waals surface area contributed by atoms with E-state index >= 15 is 0 Å². The molecule has 0 amide bonds. The molecule has 2 aromatic rings. The molecule has 1 aromatic carbocycles. The SMILES string of the molecule is Cn1ccnc1CCC(NN)c1c(F)cc(Br)cc1F. The second kappa shape index (κ2) is 6.43. The lowest BCUT2D eigenvalue weighted by Crippen LogP contribution is -2.30. The van der Waals surface area contributed by atoms with Crippen molar-refractivity contribution in [1.29, 1.82) is 0 Å². The third-order valence-electron chi connectivity index (χ3n) is 3.17. The third kappa shape index (κ3) is 3.23. The van der Waals surface area contributed by atoms with Crippen LogP contribution in [0.15, 0.2) is 29.0 Å². The molecule has 0 aliphatic heterocycles. The Hall–Kier alpha value is -1.31. The molecular weight excluding hydrogens is 330 g/mol. The van der Waals surface area contributed by atoms with Crippen LogP contribution in [0.4, 0.5) is 8.78 Å². The van der Waals surface area contributed by atoms with Crippen LogP contribution in [0.5, 0.6) is 0 Å². The first-order chi connectivity index (χ1) is 9.52. The number of rotatable bonds is 5. The van der Waals surface area contributed by atoms with Crippen molar-refractivity contribution in [2.24, 2.45) is 12.9 Å². The summed E-state index contributed by atoms with van der Waals surface area (Å²) in [5.74, 6) is 5.02. The van der Waals surface area contributed by atoms with Crippen molar-refractivity contribution < 1.29 is 8.78 Å². The van der Waals surface area contributed by atoms with Gasteiger partial charge in [0, 0.05) is 35.9 Å². The number of nitrogens with zero attached hydrogens (tertiary/aromatic N) is 2. The van der Waals surface area contributed by atoms with Crippen LogP contribution in [0, 0.1) is 11.6 Å². The Morgan fingerprint density at radius 1 is 1.40 bits per heavy atom. The summed E-state index contributed by atoms with van der Waals surface area (Å²) >= 11 is 3.05. The zero-order valence-electron chi connectivity index (χ0n) is 10.9. The van der Waals surface area contributed by atoms with Gasteiger partial charge in [-0.3, -0.25) is 11.3 Å². The van der Waals surface area contributed by atoms with Gasteiger partial charge in [0.25, 0.3) is 0 Å². The molecule has 0 spiro atoms. The summed E-state index contributed by atoms with van der Waals surface area (Å²) in [5, 5.41) is 0. The molecule has 3 N–H and O–H groups in total. The van der Waals surface area contributed by atoms with Gasteiger partial charge in [-0.2, -0.15) is 0 Å². The summed E-state index contributed by atoms with van der Waals surface area (Å²) in [6, 6.07) is 1.84. The van der Waals surface area contributed by atoms with Gasteiger partial charge in [-0.1, -0.05) is 15.9 Å². The zero-order valence-corrected chi connectivity index (χ0v) is 12.5. The average Bonchev–Trinajstić information content (AvgIpc) is 2.78. The number of halogens is 3. The number of aromatic nitrogens is 2. The molecule has 0 saturated carbocycles. The van der Waals surface area contributed by atoms with Gasteiger partial charge in [0.1, 0.15) is 17.5 Å². The Labute approximate surface area is 124 Å². The van der Waals surface area contributed by atoms with Crippen molar-refractivity contribution in [3.63, 3.8) is 0 Å². The maximum Gasteiger partial charge on any atom is 0.132 e. The summed E-state index contributed by atoms with van der Waals surface area (Å²) in [7, 11) is 1.87. The van der Waals surface area contributed by atoms with E-state index in [0.717, 1.165) is 5.82 Å². The van der Waals surface area contributed by atoms with Gasteiger partial charge in [0.05, 0.1) is 6.04 Å². The van der Waals surface area contributed by atoms with Crippen molar-refractivity contribution in [3.8, 4) is 0 Å². The van der Waals surface area contributed by atoms with E-state index in [2.05, 4.69) is 26.3 Å². The molecule has 108 valence electrons. The Bertz CT molecular complexity index is 577. The van der Waals surface area contributed by atoms with Crippen LogP contribution in [0.3, 0.4) is 0 Å². The summed E-state index contributed by atoms with van der Waals surface area (Å²) in [5.41, 5.74) is 2.42. The molecule has 0 aliphatic carbocycles. The maximum atomic E-state index is 13.9. The predicted octanol–water partition coefficient (Wildman–Crippen LogP) is 2.60. The van der Waals surface area contributed by atoms with Crippen LogP contribution in [0.25, 0.3) is 0 Å². The van der Waals surface area contributed by atoms with Crippen LogP contribution >= 0.6 is 15.9 Å². The fourth-order valence-corrected chi connectivity index (χ4v) is 2.51. The van der Waals surface area contributed by atoms with E-state index in [4.69, 9.17) is 5.84 Å². The first kappa shape index (κ1) is 15.1. The Morgan fingerprint density at radius 3 is 2.55 bits per heavy atom. The molecule has 1 unspecified atom stereocenters. The molecule has 4 nitrogen and oxygen atoms in total. The Kier molecular flexibility index (Phi) is 4.85. The van der Waals surface area contributed by atoms with E-state index in [-0.39, 0.29) is 5.56 Å². The minimum Gasteiger partial charge on any atom is -0.338 e. The van der Waals surface area contributed by atoms with E-state index in [1.54, 1.807) is 6.20 Å². The van der Waals surface area contributed by atoms with Crippen molar-refractivity contribution in [1.82, 2.24) is 15.0 Å². The number of nitrogens with two attached hydrogens (primary N) is 1. The highest BCUT2D eigenvalue weighted by molar-refractivity contribution is 9.10. The first-order valence-corrected chi connectivity index (χ1v) is 6.89. The Balaban J connectivity index is 2.18. The average molecular weight is 345 g/mol. The lowest BCUT2D eigenvalue weighted by Gasteiger charge is -2.18. The number of imidazole rings is 1. The second-order valence-corrected chi connectivity index (χ2v) is 5.41. The molecule has 1 heterocycles. The topological polar surface area (TPSA) is 55.9 Å². The Morgan fingerprint density at radius 2 is 2.05 bits per heavy atom. The molecule has 0 fully saturated rings. The first-order valence-electron chi connectivity index (χ1n) is 6.09. The predicted molar refractivity (Wildman–Crippen MR) is 75.7 cm³/mol. The summed E-state index contributed by atoms with van der Waals surface area (Å²) in [6.07, 6.45) is 4.51. The van der Waals surface area contributed by atoms with Crippen LogP contribution < -0.4 is 11.3 Å². The second-order valence-electron chi connectivity index (χ2n) is 4.50. The van der Waals surface area contributed by atoms with Crippen molar-refractivity contribution >= 4 is 15.9 Å². The van der Waals surface area contributed by atoms with Crippen LogP contribution in [0.1, 0.15) is 23.9 Å². The van der Waals surface area contributed by atoms with Crippen molar-refractivity contribution in [3.05, 3.63) is 52.0 Å². The minimum absolute atomic E-state index is 0.0510. The zero-order chi connectivity index (χ0) is 14.7. The van der Waals surface area contributed by atoms with Crippen molar-refractivity contribution in [2.45, 2.75) is 18.9 Å². The van der Waals surface area contributed by atoms with E-state index < -0.39 is 17.7 Å². The van der Waals surface area contributed by atoms with E-state index in [1.165, 1.54) is 12.1 Å². The molecule has 2 rings (SSSR count). The lowest BCUT2D eigenvalue weighted by atomic mass is 10.0. The van der Waals surface area contributed by atoms with E-state index in [1.807, 2.05) is 17.8 Å². The van der Waals surface area contributed by atoms with Crippen LogP contribution in [-0.2, 0) is 13.5 Å². The third-order valence-corrected chi connectivity index (χ3v) is 3.63. The van der Waals surface area contributed by atoms with Crippen molar-refractivity contribution in [2.75, 3.05) is 0 Å². The highest BCUT2D eigenvalue weighted by Crippen LogP contribution is 2.27. The molecule has 0 aliphatic rings. The lowest BCUT2D eigenvalue weighted by molar-refractivity contribution is 0.449. The van der Waals surface area contributed by atoms with Gasteiger partial charge >= 0.3 is 0 Å². The summed E-state index contributed by atoms with van der Waals surface area (Å²) in [6.45, 7) is 0. The van der Waals surface area contributed by atoms with Gasteiger partial charge < -0.3 is 4.57 Å². The quantitative estimate of drug-likeness (QED) is 0.647. The number of aryl methyl sites for hydroxylation is 2. The monoisotopic (exact) mass is 344 g/mol. The normalized spacial score (nSPS) is 12.7. The fraction of sp³-hybridized carbons (Fsp3) is 0.308. The van der Waals surface area contributed by atoms with Gasteiger partial charge in [-0.25, -0.2) is 13.8 Å². The minimum atomic E-state index is -0.625. The number of benzene rings is 1. The number of nitrogens with one attached hydrogen (secondary N) is 1. The van der Waals surface area contributed by atoms with Gasteiger partial charge in [0.15, 0.2) is 0 Å². The largest absolute Gasteiger partial charge is 0.338 e. The molecule has 0 saturated heterocycles. The highest BCUT2D eigenvalue weighted by atomic mass is 79.9. The van der Waals surface area contributed by atoms with Crippen LogP contribution in [0.2, 0.25) is 0 Å². The summed E-state index contributed by atoms with van der Waals surface area (Å²) in [4.78, 5) is 4.17. The molecular formula is C13H15BrF2N4. The molecule has 0 bridgehead atoms. The molecule has 7 heteroatoms. The highest BCUT2D eigenvalue weighted by Gasteiger charge is 2.20. The molecule has 1 aromatic heterocycles. The number of hydrogen-bond acceptors (Lipinski definition) is 3. The fourth-order valence-electron chi connectivity index (χ4n) is 2.11. The number of hydrazine groups is 1. The maximum absolute atomic E-state index is 13.9. The molecule has 20 heavy (non-hydrogen) atoms. The standard InChI is InChI=1S/C13H15BrF2N4/c1-20-5-4-18-12(20)3-2-11(19-17)13-9(15)6-8(14)7-10(13)16/h4-7,11,19H,2-3,17H2,1H3. The van der Waals surface area contributed by atoms with Gasteiger partial charge in [-0.15, -0.1) is 0 Å². The summed E-state index contributed by atoms with van der Waals surface area (Å²) < 4.78 is 30.0. The number of hydrogen-bond donors (Lipinski definition) is 2. The smallest absolute Gasteiger partial charge is 0.132 e. The van der Waals surface area contributed by atoms with Gasteiger partial charge in [-0.05, 0) is 18.6 Å². The van der Waals surface area contributed by atoms with E-state index in [9.17, 15) is 8.78 Å². The molecule has 0 radical (unpaired) electrons. The van der Waals surface area contributed by atoms with Gasteiger partial charge in [0.2, 0.25) is 0 Å².